The molecule has 2 aromatic rings. The molecular weight excluding hydrogens is 232 g/mol. The lowest BCUT2D eigenvalue weighted by atomic mass is 10.2. The summed E-state index contributed by atoms with van der Waals surface area (Å²) in [7, 11) is 0. The number of rotatable bonds is 5. The van der Waals surface area contributed by atoms with Crippen LogP contribution in [0, 0.1) is 0 Å². The van der Waals surface area contributed by atoms with Gasteiger partial charge in [-0.2, -0.15) is 5.10 Å². The topological polar surface area (TPSA) is 79.9 Å². The van der Waals surface area contributed by atoms with Crippen LogP contribution in [0.15, 0.2) is 30.6 Å². The molecule has 0 saturated heterocycles. The molecular formula is C12H14N4O2. The minimum Gasteiger partial charge on any atom is -0.493 e. The minimum atomic E-state index is -0.199. The average Bonchev–Trinajstić information content (AvgIpc) is 2.90. The van der Waals surface area contributed by atoms with Gasteiger partial charge in [-0.3, -0.25) is 9.89 Å². The van der Waals surface area contributed by atoms with Crippen molar-refractivity contribution in [2.45, 2.75) is 13.5 Å². The molecule has 0 fully saturated rings. The van der Waals surface area contributed by atoms with Crippen LogP contribution in [0.1, 0.15) is 23.1 Å². The van der Waals surface area contributed by atoms with E-state index in [1.807, 2.05) is 13.0 Å². The summed E-state index contributed by atoms with van der Waals surface area (Å²) >= 11 is 0. The van der Waals surface area contributed by atoms with Crippen LogP contribution in [-0.2, 0) is 6.54 Å². The van der Waals surface area contributed by atoms with Crippen molar-refractivity contribution in [1.29, 1.82) is 0 Å². The summed E-state index contributed by atoms with van der Waals surface area (Å²) in [5.41, 5.74) is 0.513. The van der Waals surface area contributed by atoms with Gasteiger partial charge >= 0.3 is 0 Å². The van der Waals surface area contributed by atoms with E-state index >= 15 is 0 Å². The molecule has 0 spiro atoms. The molecule has 0 saturated carbocycles. The van der Waals surface area contributed by atoms with Crippen LogP contribution >= 0.6 is 0 Å². The smallest absolute Gasteiger partial charge is 0.255 e. The predicted molar refractivity (Wildman–Crippen MR) is 65.2 cm³/mol. The summed E-state index contributed by atoms with van der Waals surface area (Å²) in [6, 6.07) is 7.12. The number of carbonyl (C=O) groups is 1. The first-order chi connectivity index (χ1) is 8.81. The van der Waals surface area contributed by atoms with Crippen molar-refractivity contribution in [2.24, 2.45) is 0 Å². The SMILES string of the molecule is CCOc1ccccc1C(=O)NCc1ncn[nH]1. The normalized spacial score (nSPS) is 10.1. The van der Waals surface area contributed by atoms with E-state index in [4.69, 9.17) is 4.74 Å². The Hall–Kier alpha value is -2.37. The van der Waals surface area contributed by atoms with Crippen LogP contribution in [0.3, 0.4) is 0 Å². The predicted octanol–water partition coefficient (Wildman–Crippen LogP) is 1.13. The highest BCUT2D eigenvalue weighted by molar-refractivity contribution is 5.96. The molecule has 0 aliphatic carbocycles. The van der Waals surface area contributed by atoms with Crippen molar-refractivity contribution in [1.82, 2.24) is 20.5 Å². The van der Waals surface area contributed by atoms with E-state index < -0.39 is 0 Å². The number of benzene rings is 1. The van der Waals surface area contributed by atoms with Crippen molar-refractivity contribution >= 4 is 5.91 Å². The summed E-state index contributed by atoms with van der Waals surface area (Å²) < 4.78 is 5.40. The molecule has 6 heteroatoms. The summed E-state index contributed by atoms with van der Waals surface area (Å²) in [5, 5.41) is 9.13. The maximum absolute atomic E-state index is 12.0. The number of hydrogen-bond acceptors (Lipinski definition) is 4. The Labute approximate surface area is 104 Å². The van der Waals surface area contributed by atoms with Gasteiger partial charge in [0.15, 0.2) is 0 Å². The van der Waals surface area contributed by atoms with Crippen molar-refractivity contribution in [2.75, 3.05) is 6.61 Å². The molecule has 1 heterocycles. The zero-order valence-electron chi connectivity index (χ0n) is 10.0. The van der Waals surface area contributed by atoms with Crippen LogP contribution in [0.2, 0.25) is 0 Å². The standard InChI is InChI=1S/C12H14N4O2/c1-2-18-10-6-4-3-5-9(10)12(17)13-7-11-14-8-15-16-11/h3-6,8H,2,7H2,1H3,(H,13,17)(H,14,15,16). The zero-order chi connectivity index (χ0) is 12.8. The molecule has 1 aromatic heterocycles. The van der Waals surface area contributed by atoms with E-state index in [9.17, 15) is 4.79 Å². The monoisotopic (exact) mass is 246 g/mol. The molecule has 0 bridgehead atoms. The molecule has 1 aromatic carbocycles. The third-order valence-corrected chi connectivity index (χ3v) is 2.31. The van der Waals surface area contributed by atoms with Crippen LogP contribution < -0.4 is 10.1 Å². The van der Waals surface area contributed by atoms with E-state index in [1.54, 1.807) is 18.2 Å². The highest BCUT2D eigenvalue weighted by Gasteiger charge is 2.11. The fraction of sp³-hybridized carbons (Fsp3) is 0.250. The van der Waals surface area contributed by atoms with Gasteiger partial charge in [-0.05, 0) is 19.1 Å². The minimum absolute atomic E-state index is 0.199. The molecule has 94 valence electrons. The largest absolute Gasteiger partial charge is 0.493 e. The molecule has 2 N–H and O–H groups in total. The molecule has 0 aliphatic rings. The molecule has 0 atom stereocenters. The molecule has 0 aliphatic heterocycles. The third-order valence-electron chi connectivity index (χ3n) is 2.31. The van der Waals surface area contributed by atoms with Gasteiger partial charge in [-0.25, -0.2) is 4.98 Å². The average molecular weight is 246 g/mol. The highest BCUT2D eigenvalue weighted by Crippen LogP contribution is 2.17. The summed E-state index contributed by atoms with van der Waals surface area (Å²) in [4.78, 5) is 15.9. The third kappa shape index (κ3) is 2.85. The Bertz CT molecular complexity index is 511. The first kappa shape index (κ1) is 12.1. The van der Waals surface area contributed by atoms with Gasteiger partial charge in [-0.1, -0.05) is 12.1 Å². The van der Waals surface area contributed by atoms with E-state index in [0.29, 0.717) is 30.3 Å². The Kier molecular flexibility index (Phi) is 3.90. The molecule has 1 amide bonds. The van der Waals surface area contributed by atoms with Crippen LogP contribution in [0.4, 0.5) is 0 Å². The van der Waals surface area contributed by atoms with Gasteiger partial charge in [0, 0.05) is 0 Å². The number of para-hydroxylation sites is 1. The maximum atomic E-state index is 12.0. The van der Waals surface area contributed by atoms with Gasteiger partial charge in [0.1, 0.15) is 17.9 Å². The zero-order valence-corrected chi connectivity index (χ0v) is 10.0. The quantitative estimate of drug-likeness (QED) is 0.828. The Balaban J connectivity index is 2.04. The van der Waals surface area contributed by atoms with Crippen molar-refractivity contribution in [3.8, 4) is 5.75 Å². The molecule has 2 rings (SSSR count). The molecule has 6 nitrogen and oxygen atoms in total. The fourth-order valence-electron chi connectivity index (χ4n) is 1.51. The lowest BCUT2D eigenvalue weighted by Gasteiger charge is -2.09. The Morgan fingerprint density at radius 1 is 1.44 bits per heavy atom. The lowest BCUT2D eigenvalue weighted by Crippen LogP contribution is -2.24. The van der Waals surface area contributed by atoms with Crippen molar-refractivity contribution in [3.05, 3.63) is 42.0 Å². The van der Waals surface area contributed by atoms with Crippen LogP contribution in [0.5, 0.6) is 5.75 Å². The summed E-state index contributed by atoms with van der Waals surface area (Å²) in [5.74, 6) is 0.989. The molecule has 18 heavy (non-hydrogen) atoms. The van der Waals surface area contributed by atoms with Crippen LogP contribution in [0.25, 0.3) is 0 Å². The second-order valence-corrected chi connectivity index (χ2v) is 3.54. The van der Waals surface area contributed by atoms with Gasteiger partial charge in [0.2, 0.25) is 0 Å². The second kappa shape index (κ2) is 5.81. The second-order valence-electron chi connectivity index (χ2n) is 3.54. The summed E-state index contributed by atoms with van der Waals surface area (Å²) in [6.45, 7) is 2.70. The van der Waals surface area contributed by atoms with Gasteiger partial charge in [0.05, 0.1) is 18.7 Å². The first-order valence-corrected chi connectivity index (χ1v) is 5.65. The molecule has 0 radical (unpaired) electrons. The number of nitrogens with zero attached hydrogens (tertiary/aromatic N) is 2. The van der Waals surface area contributed by atoms with E-state index in [2.05, 4.69) is 20.5 Å². The van der Waals surface area contributed by atoms with Gasteiger partial charge < -0.3 is 10.1 Å². The van der Waals surface area contributed by atoms with E-state index in [0.717, 1.165) is 0 Å². The number of hydrogen-bond donors (Lipinski definition) is 2. The summed E-state index contributed by atoms with van der Waals surface area (Å²) in [6.07, 6.45) is 1.40. The Morgan fingerprint density at radius 2 is 2.28 bits per heavy atom. The first-order valence-electron chi connectivity index (χ1n) is 5.65. The van der Waals surface area contributed by atoms with E-state index in [-0.39, 0.29) is 5.91 Å². The van der Waals surface area contributed by atoms with Gasteiger partial charge in [0.25, 0.3) is 5.91 Å². The number of aromatic amines is 1. The number of nitrogens with one attached hydrogen (secondary N) is 2. The lowest BCUT2D eigenvalue weighted by molar-refractivity contribution is 0.0946. The van der Waals surface area contributed by atoms with Crippen LogP contribution in [-0.4, -0.2) is 27.7 Å². The van der Waals surface area contributed by atoms with Gasteiger partial charge in [-0.15, -0.1) is 0 Å². The number of H-pyrrole nitrogens is 1. The fourth-order valence-corrected chi connectivity index (χ4v) is 1.51. The highest BCUT2D eigenvalue weighted by atomic mass is 16.5. The number of carbonyl (C=O) groups excluding carboxylic acids is 1. The van der Waals surface area contributed by atoms with Crippen molar-refractivity contribution < 1.29 is 9.53 Å². The number of aromatic nitrogens is 3. The number of amides is 1. The van der Waals surface area contributed by atoms with Crippen molar-refractivity contribution in [3.63, 3.8) is 0 Å². The maximum Gasteiger partial charge on any atom is 0.255 e. The number of ether oxygens (including phenoxy) is 1. The van der Waals surface area contributed by atoms with E-state index in [1.165, 1.54) is 6.33 Å². The molecule has 0 unspecified atom stereocenters. The Morgan fingerprint density at radius 3 is 3.00 bits per heavy atom.